The second-order valence-electron chi connectivity index (χ2n) is 3.34. The Hall–Kier alpha value is -2.43. The van der Waals surface area contributed by atoms with Crippen LogP contribution in [0.2, 0.25) is 0 Å². The van der Waals surface area contributed by atoms with Crippen LogP contribution in [0.4, 0.5) is 5.69 Å². The van der Waals surface area contributed by atoms with Crippen molar-refractivity contribution in [2.75, 3.05) is 5.73 Å². The topological polar surface area (TPSA) is 104 Å². The van der Waals surface area contributed by atoms with E-state index in [1.54, 1.807) is 18.2 Å². The van der Waals surface area contributed by atoms with Crippen LogP contribution >= 0.6 is 0 Å². The number of hydrogen-bond acceptors (Lipinski definition) is 4. The molecule has 82 valence electrons. The van der Waals surface area contributed by atoms with Gasteiger partial charge in [0.15, 0.2) is 0 Å². The first-order chi connectivity index (χ1) is 7.54. The second kappa shape index (κ2) is 3.30. The van der Waals surface area contributed by atoms with Gasteiger partial charge in [-0.1, -0.05) is 24.3 Å². The van der Waals surface area contributed by atoms with Crippen molar-refractivity contribution in [3.63, 3.8) is 0 Å². The normalized spacial score (nSPS) is 10.5. The van der Waals surface area contributed by atoms with E-state index in [-0.39, 0.29) is 16.8 Å². The molecule has 0 aromatic heterocycles. The van der Waals surface area contributed by atoms with Crippen LogP contribution in [0.1, 0.15) is 10.4 Å². The molecule has 0 unspecified atom stereocenters. The monoisotopic (exact) mass is 219 g/mol. The van der Waals surface area contributed by atoms with Crippen molar-refractivity contribution < 1.29 is 20.1 Å². The van der Waals surface area contributed by atoms with Crippen LogP contribution in [0.25, 0.3) is 10.8 Å². The number of carboxylic acid groups (broad SMARTS) is 1. The summed E-state index contributed by atoms with van der Waals surface area (Å²) in [6.07, 6.45) is 0. The Morgan fingerprint density at radius 3 is 2.06 bits per heavy atom. The zero-order valence-corrected chi connectivity index (χ0v) is 8.14. The molecule has 0 radical (unpaired) electrons. The Labute approximate surface area is 90.4 Å². The first-order valence-electron chi connectivity index (χ1n) is 4.49. The molecule has 0 aliphatic heterocycles. The third kappa shape index (κ3) is 1.22. The molecule has 0 spiro atoms. The number of rotatable bonds is 1. The van der Waals surface area contributed by atoms with Gasteiger partial charge in [-0.3, -0.25) is 0 Å². The lowest BCUT2D eigenvalue weighted by molar-refractivity contribution is 0.0695. The predicted molar refractivity (Wildman–Crippen MR) is 58.6 cm³/mol. The molecule has 0 atom stereocenters. The summed E-state index contributed by atoms with van der Waals surface area (Å²) in [4.78, 5) is 10.9. The standard InChI is InChI=1S/C11H9NO4/c12-8-7(11(15)16)9(13)5-3-1-2-4-6(5)10(8)14/h1-4,13-14H,12H2,(H,15,16). The number of carbonyl (C=O) groups is 1. The number of aromatic hydroxyl groups is 2. The van der Waals surface area contributed by atoms with E-state index in [1.807, 2.05) is 0 Å². The molecule has 0 aliphatic rings. The molecule has 0 heterocycles. The summed E-state index contributed by atoms with van der Waals surface area (Å²) in [7, 11) is 0. The molecule has 0 fully saturated rings. The number of fused-ring (bicyclic) bond motifs is 1. The van der Waals surface area contributed by atoms with Crippen LogP contribution < -0.4 is 5.73 Å². The van der Waals surface area contributed by atoms with E-state index in [4.69, 9.17) is 10.8 Å². The highest BCUT2D eigenvalue weighted by molar-refractivity contribution is 6.09. The number of carboxylic acids is 1. The number of benzene rings is 2. The van der Waals surface area contributed by atoms with Gasteiger partial charge in [0.25, 0.3) is 0 Å². The van der Waals surface area contributed by atoms with E-state index in [0.29, 0.717) is 5.39 Å². The SMILES string of the molecule is Nc1c(C(=O)O)c(O)c2ccccc2c1O. The molecular weight excluding hydrogens is 210 g/mol. The van der Waals surface area contributed by atoms with Crippen molar-refractivity contribution in [2.45, 2.75) is 0 Å². The zero-order chi connectivity index (χ0) is 11.9. The largest absolute Gasteiger partial charge is 0.506 e. The van der Waals surface area contributed by atoms with Crippen LogP contribution in [0, 0.1) is 0 Å². The summed E-state index contributed by atoms with van der Waals surface area (Å²) >= 11 is 0. The predicted octanol–water partition coefficient (Wildman–Crippen LogP) is 1.53. The van der Waals surface area contributed by atoms with Crippen LogP contribution in [0.3, 0.4) is 0 Å². The fraction of sp³-hybridized carbons (Fsp3) is 0. The van der Waals surface area contributed by atoms with E-state index in [0.717, 1.165) is 0 Å². The van der Waals surface area contributed by atoms with Gasteiger partial charge in [0, 0.05) is 10.8 Å². The summed E-state index contributed by atoms with van der Waals surface area (Å²) in [5, 5.41) is 28.9. The number of aromatic carboxylic acids is 1. The Morgan fingerprint density at radius 2 is 1.56 bits per heavy atom. The Bertz CT molecular complexity index is 592. The lowest BCUT2D eigenvalue weighted by Crippen LogP contribution is -2.03. The van der Waals surface area contributed by atoms with Crippen LogP contribution in [-0.2, 0) is 0 Å². The number of phenolic OH excluding ortho intramolecular Hbond substituents is 1. The number of nitrogen functional groups attached to an aromatic ring is 1. The molecule has 2 aromatic rings. The minimum Gasteiger partial charge on any atom is -0.506 e. The number of phenols is 2. The third-order valence-electron chi connectivity index (χ3n) is 2.41. The minimum atomic E-state index is -1.38. The first kappa shape index (κ1) is 10.1. The highest BCUT2D eigenvalue weighted by atomic mass is 16.4. The van der Waals surface area contributed by atoms with E-state index in [9.17, 15) is 15.0 Å². The molecule has 5 heteroatoms. The maximum Gasteiger partial charge on any atom is 0.341 e. The molecule has 0 bridgehead atoms. The molecule has 5 nitrogen and oxygen atoms in total. The maximum atomic E-state index is 10.9. The molecule has 2 aromatic carbocycles. The summed E-state index contributed by atoms with van der Waals surface area (Å²) in [5.41, 5.74) is 4.65. The number of hydrogen-bond donors (Lipinski definition) is 4. The summed E-state index contributed by atoms with van der Waals surface area (Å²) in [6.45, 7) is 0. The van der Waals surface area contributed by atoms with Gasteiger partial charge in [-0.15, -0.1) is 0 Å². The summed E-state index contributed by atoms with van der Waals surface area (Å²) < 4.78 is 0. The van der Waals surface area contributed by atoms with Gasteiger partial charge in [0.1, 0.15) is 17.1 Å². The van der Waals surface area contributed by atoms with Crippen molar-refractivity contribution in [3.8, 4) is 11.5 Å². The van der Waals surface area contributed by atoms with E-state index in [2.05, 4.69) is 0 Å². The van der Waals surface area contributed by atoms with Crippen molar-refractivity contribution in [2.24, 2.45) is 0 Å². The zero-order valence-electron chi connectivity index (χ0n) is 8.14. The number of nitrogens with two attached hydrogens (primary N) is 1. The van der Waals surface area contributed by atoms with Gasteiger partial charge in [0.2, 0.25) is 0 Å². The minimum absolute atomic E-state index is 0.256. The molecule has 5 N–H and O–H groups in total. The van der Waals surface area contributed by atoms with Gasteiger partial charge in [0.05, 0.1) is 5.69 Å². The van der Waals surface area contributed by atoms with E-state index in [1.165, 1.54) is 6.07 Å². The second-order valence-corrected chi connectivity index (χ2v) is 3.34. The van der Waals surface area contributed by atoms with Gasteiger partial charge < -0.3 is 21.1 Å². The van der Waals surface area contributed by atoms with Crippen LogP contribution in [0.15, 0.2) is 24.3 Å². The lowest BCUT2D eigenvalue weighted by Gasteiger charge is -2.10. The lowest BCUT2D eigenvalue weighted by atomic mass is 10.0. The van der Waals surface area contributed by atoms with Gasteiger partial charge >= 0.3 is 5.97 Å². The fourth-order valence-corrected chi connectivity index (χ4v) is 1.64. The highest BCUT2D eigenvalue weighted by Crippen LogP contribution is 2.41. The van der Waals surface area contributed by atoms with E-state index >= 15 is 0 Å². The summed E-state index contributed by atoms with van der Waals surface area (Å²) in [5.74, 6) is -2.14. The molecule has 2 rings (SSSR count). The molecule has 16 heavy (non-hydrogen) atoms. The van der Waals surface area contributed by atoms with Crippen molar-refractivity contribution >= 4 is 22.4 Å². The Morgan fingerprint density at radius 1 is 1.06 bits per heavy atom. The van der Waals surface area contributed by atoms with Crippen molar-refractivity contribution in [1.82, 2.24) is 0 Å². The summed E-state index contributed by atoms with van der Waals surface area (Å²) in [6, 6.07) is 6.34. The van der Waals surface area contributed by atoms with Crippen LogP contribution in [-0.4, -0.2) is 21.3 Å². The Balaban J connectivity index is 3.00. The first-order valence-corrected chi connectivity index (χ1v) is 4.49. The average molecular weight is 219 g/mol. The molecule has 0 saturated heterocycles. The maximum absolute atomic E-state index is 10.9. The van der Waals surface area contributed by atoms with Crippen molar-refractivity contribution in [3.05, 3.63) is 29.8 Å². The molecule has 0 aliphatic carbocycles. The average Bonchev–Trinajstić information content (AvgIpc) is 2.26. The molecule has 0 saturated carbocycles. The Kier molecular flexibility index (Phi) is 2.09. The van der Waals surface area contributed by atoms with Gasteiger partial charge in [-0.25, -0.2) is 4.79 Å². The third-order valence-corrected chi connectivity index (χ3v) is 2.41. The van der Waals surface area contributed by atoms with Gasteiger partial charge in [-0.05, 0) is 0 Å². The smallest absolute Gasteiger partial charge is 0.341 e. The fourth-order valence-electron chi connectivity index (χ4n) is 1.64. The van der Waals surface area contributed by atoms with Crippen molar-refractivity contribution in [1.29, 1.82) is 0 Å². The highest BCUT2D eigenvalue weighted by Gasteiger charge is 2.21. The molecular formula is C11H9NO4. The molecule has 0 amide bonds. The quantitative estimate of drug-likeness (QED) is 0.331. The van der Waals surface area contributed by atoms with E-state index < -0.39 is 17.3 Å². The van der Waals surface area contributed by atoms with Crippen LogP contribution in [0.5, 0.6) is 11.5 Å². The number of anilines is 1. The van der Waals surface area contributed by atoms with Gasteiger partial charge in [-0.2, -0.15) is 0 Å².